The van der Waals surface area contributed by atoms with E-state index in [0.29, 0.717) is 25.8 Å². The minimum Gasteiger partial charge on any atom is -0.481 e. The molecule has 2 fully saturated rings. The van der Waals surface area contributed by atoms with Crippen LogP contribution in [0.1, 0.15) is 38.5 Å². The summed E-state index contributed by atoms with van der Waals surface area (Å²) in [5.74, 6) is -0.827. The Morgan fingerprint density at radius 1 is 1.30 bits per heavy atom. The number of aliphatic carboxylic acids is 1. The maximum Gasteiger partial charge on any atom is 0.314 e. The molecule has 0 spiro atoms. The third-order valence-corrected chi connectivity index (χ3v) is 4.20. The summed E-state index contributed by atoms with van der Waals surface area (Å²) >= 11 is 0. The first kappa shape index (κ1) is 14.6. The summed E-state index contributed by atoms with van der Waals surface area (Å²) in [6.45, 7) is 0.531. The highest BCUT2D eigenvalue weighted by molar-refractivity contribution is 5.79. The van der Waals surface area contributed by atoms with Gasteiger partial charge in [0.15, 0.2) is 0 Å². The number of hydrogen-bond acceptors (Lipinski definition) is 3. The maximum atomic E-state index is 11.7. The van der Waals surface area contributed by atoms with E-state index >= 15 is 0 Å². The average Bonchev–Trinajstić information content (AvgIpc) is 3.03. The summed E-state index contributed by atoms with van der Waals surface area (Å²) < 4.78 is 0. The Morgan fingerprint density at radius 3 is 2.55 bits per heavy atom. The fourth-order valence-electron chi connectivity index (χ4n) is 2.88. The molecule has 1 aliphatic heterocycles. The van der Waals surface area contributed by atoms with E-state index in [4.69, 9.17) is 0 Å². The van der Waals surface area contributed by atoms with Crippen molar-refractivity contribution in [2.24, 2.45) is 5.41 Å². The Morgan fingerprint density at radius 2 is 2.00 bits per heavy atom. The van der Waals surface area contributed by atoms with Gasteiger partial charge in [0.05, 0.1) is 5.41 Å². The van der Waals surface area contributed by atoms with Crippen LogP contribution < -0.4 is 16.0 Å². The fraction of sp³-hybridized carbons (Fsp3) is 0.769. The van der Waals surface area contributed by atoms with Crippen LogP contribution in [0.2, 0.25) is 0 Å². The molecule has 2 rings (SSSR count). The van der Waals surface area contributed by atoms with E-state index in [9.17, 15) is 19.5 Å². The van der Waals surface area contributed by atoms with Gasteiger partial charge in [-0.15, -0.1) is 0 Å². The molecule has 2 aliphatic rings. The van der Waals surface area contributed by atoms with Gasteiger partial charge in [-0.3, -0.25) is 9.59 Å². The van der Waals surface area contributed by atoms with Crippen molar-refractivity contribution in [2.45, 2.75) is 44.6 Å². The standard InChI is InChI=1S/C13H21N3O4/c17-10-4-3-9(16-10)7-14-12(20)15-8-13(11(18)19)5-1-2-6-13/h9H,1-8H2,(H,16,17)(H,18,19)(H2,14,15,20). The number of carboxylic acid groups (broad SMARTS) is 1. The molecule has 1 unspecified atom stereocenters. The van der Waals surface area contributed by atoms with Crippen molar-refractivity contribution in [3.05, 3.63) is 0 Å². The predicted octanol–water partition coefficient (Wildman–Crippen LogP) is 0.209. The van der Waals surface area contributed by atoms with Gasteiger partial charge in [-0.1, -0.05) is 12.8 Å². The third-order valence-electron chi connectivity index (χ3n) is 4.20. The van der Waals surface area contributed by atoms with E-state index in [1.165, 1.54) is 0 Å². The molecule has 1 saturated carbocycles. The Hall–Kier alpha value is -1.79. The molecule has 0 aromatic rings. The summed E-state index contributed by atoms with van der Waals surface area (Å²) in [4.78, 5) is 34.0. The van der Waals surface area contributed by atoms with Crippen molar-refractivity contribution in [2.75, 3.05) is 13.1 Å². The maximum absolute atomic E-state index is 11.7. The molecule has 112 valence electrons. The zero-order valence-corrected chi connectivity index (χ0v) is 11.4. The minimum atomic E-state index is -0.835. The normalized spacial score (nSPS) is 24.2. The molecule has 1 heterocycles. The highest BCUT2D eigenvalue weighted by Gasteiger charge is 2.41. The Labute approximate surface area is 117 Å². The van der Waals surface area contributed by atoms with E-state index < -0.39 is 11.4 Å². The van der Waals surface area contributed by atoms with E-state index in [2.05, 4.69) is 16.0 Å². The minimum absolute atomic E-state index is 0.00740. The topological polar surface area (TPSA) is 108 Å². The van der Waals surface area contributed by atoms with Crippen LogP contribution in [0.4, 0.5) is 4.79 Å². The monoisotopic (exact) mass is 283 g/mol. The van der Waals surface area contributed by atoms with E-state index in [1.54, 1.807) is 0 Å². The van der Waals surface area contributed by atoms with Crippen molar-refractivity contribution in [3.8, 4) is 0 Å². The lowest BCUT2D eigenvalue weighted by molar-refractivity contribution is -0.148. The zero-order valence-electron chi connectivity index (χ0n) is 11.4. The lowest BCUT2D eigenvalue weighted by Crippen LogP contribution is -2.47. The van der Waals surface area contributed by atoms with E-state index in [-0.39, 0.29) is 24.5 Å². The van der Waals surface area contributed by atoms with Gasteiger partial charge in [0.2, 0.25) is 5.91 Å². The molecule has 3 amide bonds. The molecule has 1 aliphatic carbocycles. The second-order valence-electron chi connectivity index (χ2n) is 5.66. The molecule has 0 aromatic carbocycles. The number of carboxylic acids is 1. The fourth-order valence-corrected chi connectivity index (χ4v) is 2.88. The van der Waals surface area contributed by atoms with Gasteiger partial charge in [-0.2, -0.15) is 0 Å². The second kappa shape index (κ2) is 6.11. The number of carbonyl (C=O) groups is 3. The first-order chi connectivity index (χ1) is 9.52. The van der Waals surface area contributed by atoms with Gasteiger partial charge in [-0.25, -0.2) is 4.79 Å². The van der Waals surface area contributed by atoms with Crippen molar-refractivity contribution < 1.29 is 19.5 Å². The van der Waals surface area contributed by atoms with Crippen LogP contribution in [0.25, 0.3) is 0 Å². The second-order valence-corrected chi connectivity index (χ2v) is 5.66. The Bertz CT molecular complexity index is 404. The van der Waals surface area contributed by atoms with Gasteiger partial charge in [0.1, 0.15) is 0 Å². The third kappa shape index (κ3) is 3.40. The summed E-state index contributed by atoms with van der Waals surface area (Å²) in [7, 11) is 0. The SMILES string of the molecule is O=C1CCC(CNC(=O)NCC2(C(=O)O)CCCC2)N1. The summed E-state index contributed by atoms with van der Waals surface area (Å²) in [6.07, 6.45) is 4.23. The lowest BCUT2D eigenvalue weighted by Gasteiger charge is -2.24. The number of carbonyl (C=O) groups excluding carboxylic acids is 2. The molecule has 0 bridgehead atoms. The summed E-state index contributed by atoms with van der Waals surface area (Å²) in [6, 6.07) is -0.396. The smallest absolute Gasteiger partial charge is 0.314 e. The van der Waals surface area contributed by atoms with Crippen LogP contribution in [0, 0.1) is 5.41 Å². The average molecular weight is 283 g/mol. The molecule has 0 radical (unpaired) electrons. The van der Waals surface area contributed by atoms with Crippen LogP contribution in [0.5, 0.6) is 0 Å². The number of rotatable bonds is 5. The zero-order chi connectivity index (χ0) is 14.6. The van der Waals surface area contributed by atoms with Crippen molar-refractivity contribution in [1.82, 2.24) is 16.0 Å². The van der Waals surface area contributed by atoms with Crippen LogP contribution in [-0.2, 0) is 9.59 Å². The number of nitrogens with one attached hydrogen (secondary N) is 3. The summed E-state index contributed by atoms with van der Waals surface area (Å²) in [5, 5.41) is 17.4. The molecule has 20 heavy (non-hydrogen) atoms. The molecule has 1 atom stereocenters. The molecule has 7 nitrogen and oxygen atoms in total. The summed E-state index contributed by atoms with van der Waals surface area (Å²) in [5.41, 5.74) is -0.807. The van der Waals surface area contributed by atoms with Crippen LogP contribution >= 0.6 is 0 Å². The van der Waals surface area contributed by atoms with Gasteiger partial charge < -0.3 is 21.1 Å². The van der Waals surface area contributed by atoms with E-state index in [0.717, 1.165) is 19.3 Å². The van der Waals surface area contributed by atoms with Gasteiger partial charge in [-0.05, 0) is 19.3 Å². The molecule has 7 heteroatoms. The van der Waals surface area contributed by atoms with Crippen molar-refractivity contribution in [3.63, 3.8) is 0 Å². The number of urea groups is 1. The molecular weight excluding hydrogens is 262 g/mol. The number of amides is 3. The molecular formula is C13H21N3O4. The largest absolute Gasteiger partial charge is 0.481 e. The first-order valence-corrected chi connectivity index (χ1v) is 7.06. The highest BCUT2D eigenvalue weighted by atomic mass is 16.4. The van der Waals surface area contributed by atoms with Gasteiger partial charge in [0, 0.05) is 25.6 Å². The molecule has 0 aromatic heterocycles. The highest BCUT2D eigenvalue weighted by Crippen LogP contribution is 2.37. The Balaban J connectivity index is 1.71. The molecule has 4 N–H and O–H groups in total. The van der Waals surface area contributed by atoms with Crippen LogP contribution in [0.15, 0.2) is 0 Å². The van der Waals surface area contributed by atoms with Crippen LogP contribution in [-0.4, -0.2) is 42.1 Å². The lowest BCUT2D eigenvalue weighted by atomic mass is 9.86. The first-order valence-electron chi connectivity index (χ1n) is 7.06. The molecule has 1 saturated heterocycles. The Kier molecular flexibility index (Phi) is 4.46. The predicted molar refractivity (Wildman–Crippen MR) is 71.1 cm³/mol. The quantitative estimate of drug-likeness (QED) is 0.578. The number of hydrogen-bond donors (Lipinski definition) is 4. The van der Waals surface area contributed by atoms with Crippen molar-refractivity contribution in [1.29, 1.82) is 0 Å². The van der Waals surface area contributed by atoms with Crippen LogP contribution in [0.3, 0.4) is 0 Å². The van der Waals surface area contributed by atoms with Crippen molar-refractivity contribution >= 4 is 17.9 Å². The van der Waals surface area contributed by atoms with Gasteiger partial charge in [0.25, 0.3) is 0 Å². The van der Waals surface area contributed by atoms with Gasteiger partial charge >= 0.3 is 12.0 Å². The van der Waals surface area contributed by atoms with E-state index in [1.807, 2.05) is 0 Å².